The first kappa shape index (κ1) is 20.4. The fourth-order valence-electron chi connectivity index (χ4n) is 3.29. The van der Waals surface area contributed by atoms with Gasteiger partial charge in [-0.05, 0) is 36.4 Å². The monoisotopic (exact) mass is 467 g/mol. The van der Waals surface area contributed by atoms with Crippen LogP contribution in [-0.4, -0.2) is 25.7 Å². The fourth-order valence-corrected chi connectivity index (χ4v) is 5.81. The number of nitrogens with one attached hydrogen (secondary N) is 1. The Morgan fingerprint density at radius 3 is 2.77 bits per heavy atom. The Hall–Kier alpha value is -2.49. The van der Waals surface area contributed by atoms with Gasteiger partial charge in [0.05, 0.1) is 12.1 Å². The number of para-hydroxylation sites is 1. The summed E-state index contributed by atoms with van der Waals surface area (Å²) < 4.78 is 2.31. The molecule has 1 saturated carbocycles. The van der Waals surface area contributed by atoms with Gasteiger partial charge in [0, 0.05) is 34.2 Å². The Bertz CT molecular complexity index is 1150. The third-order valence-electron chi connectivity index (χ3n) is 4.88. The standard InChI is InChI=1S/C22H21N5OS3/c28-20(23-15-5-2-1-3-6-15)12-21-24-16(13-30-21)14-31-22-26-25-19(27(22)17-8-9-17)11-18-7-4-10-29-18/h1-7,10,13,17H,8-9,11-12,14H2,(H,23,28). The minimum absolute atomic E-state index is 0.0496. The fraction of sp³-hybridized carbons (Fsp3) is 0.273. The number of amides is 1. The van der Waals surface area contributed by atoms with Crippen LogP contribution in [-0.2, 0) is 23.4 Å². The maximum absolute atomic E-state index is 12.3. The van der Waals surface area contributed by atoms with Crippen LogP contribution >= 0.6 is 34.4 Å². The van der Waals surface area contributed by atoms with Crippen molar-refractivity contribution in [1.82, 2.24) is 19.7 Å². The van der Waals surface area contributed by atoms with E-state index in [9.17, 15) is 4.79 Å². The van der Waals surface area contributed by atoms with Gasteiger partial charge in [-0.2, -0.15) is 0 Å². The molecular formula is C22H21N5OS3. The zero-order valence-corrected chi connectivity index (χ0v) is 19.2. The largest absolute Gasteiger partial charge is 0.326 e. The van der Waals surface area contributed by atoms with Gasteiger partial charge in [0.1, 0.15) is 10.8 Å². The van der Waals surface area contributed by atoms with E-state index in [2.05, 4.69) is 42.6 Å². The molecule has 1 fully saturated rings. The van der Waals surface area contributed by atoms with Crippen LogP contribution in [0.5, 0.6) is 0 Å². The summed E-state index contributed by atoms with van der Waals surface area (Å²) in [5.41, 5.74) is 1.78. The van der Waals surface area contributed by atoms with Crippen LogP contribution in [0.25, 0.3) is 0 Å². The highest BCUT2D eigenvalue weighted by atomic mass is 32.2. The van der Waals surface area contributed by atoms with Crippen molar-refractivity contribution in [1.29, 1.82) is 0 Å². The number of hydrogen-bond donors (Lipinski definition) is 1. The second-order valence-corrected chi connectivity index (χ2v) is 10.3. The number of thiophene rings is 1. The Kier molecular flexibility index (Phi) is 6.15. The normalized spacial score (nSPS) is 13.4. The molecule has 1 aliphatic carbocycles. The lowest BCUT2D eigenvalue weighted by molar-refractivity contribution is -0.115. The summed E-state index contributed by atoms with van der Waals surface area (Å²) in [6, 6.07) is 14.2. The molecule has 6 nitrogen and oxygen atoms in total. The molecule has 1 amide bonds. The molecule has 0 bridgehead atoms. The number of benzene rings is 1. The number of rotatable bonds is 9. The minimum Gasteiger partial charge on any atom is -0.326 e. The van der Waals surface area contributed by atoms with Gasteiger partial charge < -0.3 is 9.88 Å². The molecule has 3 aromatic heterocycles. The Labute approximate surface area is 192 Å². The summed E-state index contributed by atoms with van der Waals surface area (Å²) in [6.07, 6.45) is 3.51. The molecule has 0 atom stereocenters. The topological polar surface area (TPSA) is 72.7 Å². The van der Waals surface area contributed by atoms with Crippen molar-refractivity contribution in [2.75, 3.05) is 5.32 Å². The van der Waals surface area contributed by atoms with Crippen LogP contribution in [0.2, 0.25) is 0 Å². The number of hydrogen-bond acceptors (Lipinski definition) is 7. The molecule has 5 rings (SSSR count). The molecule has 4 aromatic rings. The van der Waals surface area contributed by atoms with Crippen molar-refractivity contribution in [3.8, 4) is 0 Å². The van der Waals surface area contributed by atoms with Crippen molar-refractivity contribution in [2.45, 2.75) is 42.6 Å². The molecular weight excluding hydrogens is 446 g/mol. The molecule has 0 unspecified atom stereocenters. The van der Waals surface area contributed by atoms with Gasteiger partial charge in [0.15, 0.2) is 5.16 Å². The van der Waals surface area contributed by atoms with Crippen LogP contribution in [0.4, 0.5) is 5.69 Å². The highest BCUT2D eigenvalue weighted by Gasteiger charge is 2.29. The summed E-state index contributed by atoms with van der Waals surface area (Å²) in [5, 5.41) is 17.8. The summed E-state index contributed by atoms with van der Waals surface area (Å²) >= 11 is 4.96. The second kappa shape index (κ2) is 9.33. The maximum atomic E-state index is 12.3. The lowest BCUT2D eigenvalue weighted by Crippen LogP contribution is -2.14. The third kappa shape index (κ3) is 5.23. The molecule has 0 radical (unpaired) electrons. The van der Waals surface area contributed by atoms with Crippen LogP contribution < -0.4 is 5.32 Å². The first-order valence-electron chi connectivity index (χ1n) is 10.1. The van der Waals surface area contributed by atoms with E-state index in [1.165, 1.54) is 29.1 Å². The summed E-state index contributed by atoms with van der Waals surface area (Å²) in [4.78, 5) is 18.2. The molecule has 3 heterocycles. The molecule has 0 aliphatic heterocycles. The van der Waals surface area contributed by atoms with E-state index in [1.54, 1.807) is 23.1 Å². The van der Waals surface area contributed by atoms with Crippen molar-refractivity contribution >= 4 is 46.0 Å². The van der Waals surface area contributed by atoms with Gasteiger partial charge in [-0.25, -0.2) is 4.98 Å². The predicted molar refractivity (Wildman–Crippen MR) is 126 cm³/mol. The first-order chi connectivity index (χ1) is 15.2. The smallest absolute Gasteiger partial charge is 0.231 e. The zero-order valence-electron chi connectivity index (χ0n) is 16.7. The van der Waals surface area contributed by atoms with E-state index < -0.39 is 0 Å². The van der Waals surface area contributed by atoms with E-state index in [0.29, 0.717) is 6.04 Å². The maximum Gasteiger partial charge on any atom is 0.231 e. The molecule has 0 saturated heterocycles. The average Bonchev–Trinajstić information content (AvgIpc) is 3.14. The third-order valence-corrected chi connectivity index (χ3v) is 7.63. The van der Waals surface area contributed by atoms with E-state index >= 15 is 0 Å². The van der Waals surface area contributed by atoms with Gasteiger partial charge in [0.25, 0.3) is 0 Å². The lowest BCUT2D eigenvalue weighted by atomic mass is 10.3. The number of carbonyl (C=O) groups excluding carboxylic acids is 1. The molecule has 1 N–H and O–H groups in total. The minimum atomic E-state index is -0.0496. The van der Waals surface area contributed by atoms with Crippen LogP contribution in [0.15, 0.2) is 58.4 Å². The van der Waals surface area contributed by atoms with Crippen molar-refractivity contribution in [2.24, 2.45) is 0 Å². The van der Waals surface area contributed by atoms with Gasteiger partial charge in [-0.15, -0.1) is 32.9 Å². The molecule has 158 valence electrons. The Morgan fingerprint density at radius 2 is 2.00 bits per heavy atom. The summed E-state index contributed by atoms with van der Waals surface area (Å²) in [7, 11) is 0. The number of anilines is 1. The van der Waals surface area contributed by atoms with Gasteiger partial charge >= 0.3 is 0 Å². The number of carbonyl (C=O) groups is 1. The highest BCUT2D eigenvalue weighted by molar-refractivity contribution is 7.98. The van der Waals surface area contributed by atoms with Crippen molar-refractivity contribution in [3.63, 3.8) is 0 Å². The van der Waals surface area contributed by atoms with E-state index in [-0.39, 0.29) is 12.3 Å². The van der Waals surface area contributed by atoms with Crippen molar-refractivity contribution in [3.05, 3.63) is 74.6 Å². The Morgan fingerprint density at radius 1 is 1.13 bits per heavy atom. The molecule has 1 aromatic carbocycles. The highest BCUT2D eigenvalue weighted by Crippen LogP contribution is 2.39. The molecule has 1 aliphatic rings. The number of thioether (sulfide) groups is 1. The van der Waals surface area contributed by atoms with E-state index in [4.69, 9.17) is 0 Å². The predicted octanol–water partition coefficient (Wildman–Crippen LogP) is 5.20. The van der Waals surface area contributed by atoms with Gasteiger partial charge in [0.2, 0.25) is 5.91 Å². The van der Waals surface area contributed by atoms with Crippen molar-refractivity contribution < 1.29 is 4.79 Å². The Balaban J connectivity index is 1.20. The molecule has 0 spiro atoms. The summed E-state index contributed by atoms with van der Waals surface area (Å²) in [5.74, 6) is 1.72. The average molecular weight is 468 g/mol. The molecule has 31 heavy (non-hydrogen) atoms. The quantitative estimate of drug-likeness (QED) is 0.343. The number of nitrogens with zero attached hydrogens (tertiary/aromatic N) is 4. The van der Waals surface area contributed by atoms with E-state index in [0.717, 1.165) is 39.5 Å². The molecule has 9 heteroatoms. The first-order valence-corrected chi connectivity index (χ1v) is 12.9. The lowest BCUT2D eigenvalue weighted by Gasteiger charge is -2.07. The zero-order chi connectivity index (χ0) is 21.0. The van der Waals surface area contributed by atoms with E-state index in [1.807, 2.05) is 35.7 Å². The number of aromatic nitrogens is 4. The number of thiazole rings is 1. The van der Waals surface area contributed by atoms with Crippen LogP contribution in [0.3, 0.4) is 0 Å². The van der Waals surface area contributed by atoms with Gasteiger partial charge in [-0.1, -0.05) is 36.0 Å². The van der Waals surface area contributed by atoms with Crippen LogP contribution in [0, 0.1) is 0 Å². The SMILES string of the molecule is O=C(Cc1nc(CSc2nnc(Cc3cccs3)n2C2CC2)cs1)Nc1ccccc1. The summed E-state index contributed by atoms with van der Waals surface area (Å²) in [6.45, 7) is 0. The second-order valence-electron chi connectivity index (χ2n) is 7.37. The van der Waals surface area contributed by atoms with Gasteiger partial charge in [-0.3, -0.25) is 4.79 Å². The van der Waals surface area contributed by atoms with Crippen LogP contribution in [0.1, 0.15) is 40.3 Å².